The van der Waals surface area contributed by atoms with Crippen molar-refractivity contribution in [3.8, 4) is 5.69 Å². The summed E-state index contributed by atoms with van der Waals surface area (Å²) in [5.74, 6) is -1.34. The van der Waals surface area contributed by atoms with Crippen LogP contribution in [0.2, 0.25) is 0 Å². The minimum Gasteiger partial charge on any atom is -0.346 e. The first-order chi connectivity index (χ1) is 13.4. The first kappa shape index (κ1) is 19.8. The molecule has 0 atom stereocenters. The Balaban J connectivity index is 1.69. The summed E-state index contributed by atoms with van der Waals surface area (Å²) in [5, 5.41) is 2.60. The van der Waals surface area contributed by atoms with Crippen LogP contribution in [-0.4, -0.2) is 69.3 Å². The van der Waals surface area contributed by atoms with E-state index in [1.807, 2.05) is 30.3 Å². The van der Waals surface area contributed by atoms with Crippen molar-refractivity contribution < 1.29 is 14.4 Å². The molecule has 1 saturated heterocycles. The summed E-state index contributed by atoms with van der Waals surface area (Å²) in [6, 6.07) is 9.31. The van der Waals surface area contributed by atoms with Crippen LogP contribution in [0, 0.1) is 4.77 Å². The molecule has 0 aliphatic carbocycles. The Bertz CT molecular complexity index is 927. The van der Waals surface area contributed by atoms with Crippen LogP contribution in [0.5, 0.6) is 0 Å². The lowest BCUT2D eigenvalue weighted by Gasteiger charge is -2.34. The van der Waals surface area contributed by atoms with Gasteiger partial charge in [-0.2, -0.15) is 0 Å². The number of amides is 3. The third kappa shape index (κ3) is 4.14. The van der Waals surface area contributed by atoms with Crippen molar-refractivity contribution in [1.29, 1.82) is 0 Å². The SMILES string of the molecule is CC(C)NC(=O)C(=O)N1CCN(C(=O)c2c[nH]c(=S)n2-c2ccccc2)CC1. The zero-order valence-electron chi connectivity index (χ0n) is 15.8. The van der Waals surface area contributed by atoms with Gasteiger partial charge in [0.25, 0.3) is 5.91 Å². The van der Waals surface area contributed by atoms with E-state index >= 15 is 0 Å². The molecule has 3 amide bonds. The number of nitrogens with zero attached hydrogens (tertiary/aromatic N) is 3. The first-order valence-electron chi connectivity index (χ1n) is 9.13. The molecule has 8 nitrogen and oxygen atoms in total. The predicted molar refractivity (Wildman–Crippen MR) is 107 cm³/mol. The van der Waals surface area contributed by atoms with Crippen LogP contribution in [0.15, 0.2) is 36.5 Å². The largest absolute Gasteiger partial charge is 0.346 e. The maximum atomic E-state index is 13.0. The number of carbonyl (C=O) groups is 3. The van der Waals surface area contributed by atoms with Gasteiger partial charge in [0.15, 0.2) is 4.77 Å². The second-order valence-corrected chi connectivity index (χ2v) is 7.25. The van der Waals surface area contributed by atoms with Gasteiger partial charge >= 0.3 is 11.8 Å². The first-order valence-corrected chi connectivity index (χ1v) is 9.54. The molecule has 1 aliphatic rings. The molecule has 2 heterocycles. The third-order valence-electron chi connectivity index (χ3n) is 4.48. The Morgan fingerprint density at radius 2 is 1.64 bits per heavy atom. The normalized spacial score (nSPS) is 14.2. The van der Waals surface area contributed by atoms with E-state index in [4.69, 9.17) is 12.2 Å². The quantitative estimate of drug-likeness (QED) is 0.600. The van der Waals surface area contributed by atoms with Crippen LogP contribution in [0.25, 0.3) is 5.69 Å². The molecule has 1 aromatic heterocycles. The Morgan fingerprint density at radius 1 is 1.04 bits per heavy atom. The number of aromatic amines is 1. The van der Waals surface area contributed by atoms with Crippen molar-refractivity contribution >= 4 is 29.9 Å². The Hall–Kier alpha value is -2.94. The molecule has 1 aromatic carbocycles. The number of nitrogens with one attached hydrogen (secondary N) is 2. The number of imidazole rings is 1. The van der Waals surface area contributed by atoms with Gasteiger partial charge in [0.2, 0.25) is 0 Å². The molecule has 148 valence electrons. The third-order valence-corrected chi connectivity index (χ3v) is 4.78. The summed E-state index contributed by atoms with van der Waals surface area (Å²) in [7, 11) is 0. The van der Waals surface area contributed by atoms with Gasteiger partial charge in [-0.25, -0.2) is 0 Å². The van der Waals surface area contributed by atoms with Gasteiger partial charge in [-0.1, -0.05) is 18.2 Å². The van der Waals surface area contributed by atoms with Gasteiger partial charge in [0.05, 0.1) is 0 Å². The molecule has 2 N–H and O–H groups in total. The topological polar surface area (TPSA) is 90.4 Å². The Labute approximate surface area is 168 Å². The van der Waals surface area contributed by atoms with Gasteiger partial charge < -0.3 is 20.1 Å². The van der Waals surface area contributed by atoms with Gasteiger partial charge in [-0.15, -0.1) is 0 Å². The fraction of sp³-hybridized carbons (Fsp3) is 0.368. The molecular formula is C19H23N5O3S. The maximum Gasteiger partial charge on any atom is 0.312 e. The molecule has 1 aliphatic heterocycles. The summed E-state index contributed by atoms with van der Waals surface area (Å²) < 4.78 is 2.14. The number of hydrogen-bond donors (Lipinski definition) is 2. The Kier molecular flexibility index (Phi) is 5.93. The summed E-state index contributed by atoms with van der Waals surface area (Å²) >= 11 is 5.33. The number of aromatic nitrogens is 2. The molecular weight excluding hydrogens is 378 g/mol. The van der Waals surface area contributed by atoms with Crippen LogP contribution in [0.3, 0.4) is 0 Å². The highest BCUT2D eigenvalue weighted by Gasteiger charge is 2.29. The number of piperazine rings is 1. The zero-order chi connectivity index (χ0) is 20.3. The van der Waals surface area contributed by atoms with E-state index in [9.17, 15) is 14.4 Å². The number of H-pyrrole nitrogens is 1. The van der Waals surface area contributed by atoms with Gasteiger partial charge in [0.1, 0.15) is 5.69 Å². The molecule has 9 heteroatoms. The van der Waals surface area contributed by atoms with Gasteiger partial charge in [-0.05, 0) is 38.2 Å². The van der Waals surface area contributed by atoms with Crippen molar-refractivity contribution in [3.05, 3.63) is 47.0 Å². The van der Waals surface area contributed by atoms with Crippen molar-refractivity contribution in [2.24, 2.45) is 0 Å². The van der Waals surface area contributed by atoms with Crippen molar-refractivity contribution in [1.82, 2.24) is 24.7 Å². The summed E-state index contributed by atoms with van der Waals surface area (Å²) in [5.41, 5.74) is 1.24. The molecule has 0 bridgehead atoms. The minimum atomic E-state index is -0.613. The number of carbonyl (C=O) groups excluding carboxylic acids is 3. The molecule has 1 fully saturated rings. The van der Waals surface area contributed by atoms with Gasteiger partial charge in [0, 0.05) is 44.1 Å². The van der Waals surface area contributed by atoms with E-state index < -0.39 is 11.8 Å². The molecule has 2 aromatic rings. The Morgan fingerprint density at radius 3 is 2.25 bits per heavy atom. The number of rotatable bonds is 3. The van der Waals surface area contributed by atoms with E-state index in [1.165, 1.54) is 4.90 Å². The zero-order valence-corrected chi connectivity index (χ0v) is 16.7. The average Bonchev–Trinajstić information content (AvgIpc) is 3.08. The predicted octanol–water partition coefficient (Wildman–Crippen LogP) is 1.34. The molecule has 0 saturated carbocycles. The van der Waals surface area contributed by atoms with E-state index in [1.54, 1.807) is 29.5 Å². The lowest BCUT2D eigenvalue weighted by Crippen LogP contribution is -2.54. The fourth-order valence-electron chi connectivity index (χ4n) is 3.10. The highest BCUT2D eigenvalue weighted by Crippen LogP contribution is 2.15. The highest BCUT2D eigenvalue weighted by atomic mass is 32.1. The van der Waals surface area contributed by atoms with E-state index in [0.717, 1.165) is 5.69 Å². The lowest BCUT2D eigenvalue weighted by atomic mass is 10.2. The smallest absolute Gasteiger partial charge is 0.312 e. The summed E-state index contributed by atoms with van der Waals surface area (Å²) in [6.45, 7) is 4.93. The summed E-state index contributed by atoms with van der Waals surface area (Å²) in [6.07, 6.45) is 1.60. The molecule has 28 heavy (non-hydrogen) atoms. The lowest BCUT2D eigenvalue weighted by molar-refractivity contribution is -0.147. The van der Waals surface area contributed by atoms with Crippen LogP contribution >= 0.6 is 12.2 Å². The second kappa shape index (κ2) is 8.39. The van der Waals surface area contributed by atoms with Crippen molar-refractivity contribution in [3.63, 3.8) is 0 Å². The number of hydrogen-bond acceptors (Lipinski definition) is 4. The van der Waals surface area contributed by atoms with Crippen LogP contribution in [0.4, 0.5) is 0 Å². The van der Waals surface area contributed by atoms with Gasteiger partial charge in [-0.3, -0.25) is 19.0 Å². The second-order valence-electron chi connectivity index (χ2n) is 6.86. The standard InChI is InChI=1S/C19H23N5O3S/c1-13(2)21-16(25)18(27)23-10-8-22(9-11-23)17(26)15-12-20-19(28)24(15)14-6-4-3-5-7-14/h3-7,12-13H,8-11H2,1-2H3,(H,20,28)(H,21,25). The molecule has 0 unspecified atom stereocenters. The molecule has 0 radical (unpaired) electrons. The maximum absolute atomic E-state index is 13.0. The van der Waals surface area contributed by atoms with Crippen LogP contribution in [-0.2, 0) is 9.59 Å². The molecule has 3 rings (SSSR count). The fourth-order valence-corrected chi connectivity index (χ4v) is 3.36. The number of para-hydroxylation sites is 1. The minimum absolute atomic E-state index is 0.103. The highest BCUT2D eigenvalue weighted by molar-refractivity contribution is 7.71. The van der Waals surface area contributed by atoms with Crippen LogP contribution < -0.4 is 5.32 Å². The molecule has 0 spiro atoms. The van der Waals surface area contributed by atoms with Crippen LogP contribution in [0.1, 0.15) is 24.3 Å². The monoisotopic (exact) mass is 401 g/mol. The van der Waals surface area contributed by atoms with E-state index in [2.05, 4.69) is 10.3 Å². The summed E-state index contributed by atoms with van der Waals surface area (Å²) in [4.78, 5) is 43.2. The number of benzene rings is 1. The van der Waals surface area contributed by atoms with Crippen molar-refractivity contribution in [2.75, 3.05) is 26.2 Å². The van der Waals surface area contributed by atoms with E-state index in [0.29, 0.717) is 36.6 Å². The average molecular weight is 401 g/mol. The van der Waals surface area contributed by atoms with Crippen molar-refractivity contribution in [2.45, 2.75) is 19.9 Å². The van der Waals surface area contributed by atoms with E-state index in [-0.39, 0.29) is 11.9 Å².